The van der Waals surface area contributed by atoms with E-state index in [2.05, 4.69) is 5.10 Å². The zero-order chi connectivity index (χ0) is 22.0. The summed E-state index contributed by atoms with van der Waals surface area (Å²) in [6.45, 7) is 0.428. The highest BCUT2D eigenvalue weighted by Gasteiger charge is 2.52. The summed E-state index contributed by atoms with van der Waals surface area (Å²) in [6, 6.07) is 12.8. The number of methoxy groups -OCH3 is 1. The van der Waals surface area contributed by atoms with Gasteiger partial charge in [0.15, 0.2) is 0 Å². The van der Waals surface area contributed by atoms with E-state index in [-0.39, 0.29) is 22.4 Å². The third-order valence-electron chi connectivity index (χ3n) is 5.66. The predicted molar refractivity (Wildman–Crippen MR) is 117 cm³/mol. The molecule has 2 aromatic carbocycles. The van der Waals surface area contributed by atoms with Crippen LogP contribution < -0.4 is 5.73 Å². The Kier molecular flexibility index (Phi) is 6.41. The Labute approximate surface area is 184 Å². The van der Waals surface area contributed by atoms with Gasteiger partial charge in [-0.2, -0.15) is 5.10 Å². The molecule has 2 aromatic rings. The number of hydrogen-bond donors (Lipinski definition) is 1. The van der Waals surface area contributed by atoms with E-state index in [1.54, 1.807) is 0 Å². The van der Waals surface area contributed by atoms with Crippen molar-refractivity contribution < 1.29 is 18.3 Å². The number of thioether (sulfide) groups is 1. The van der Waals surface area contributed by atoms with Crippen molar-refractivity contribution in [3.8, 4) is 0 Å². The van der Waals surface area contributed by atoms with E-state index in [0.29, 0.717) is 19.4 Å². The number of rotatable bonds is 8. The molecule has 5 nitrogen and oxygen atoms in total. The molecular formula is C23H25F2N3O2S. The maximum absolute atomic E-state index is 14.6. The van der Waals surface area contributed by atoms with Gasteiger partial charge in [0, 0.05) is 12.7 Å². The van der Waals surface area contributed by atoms with Crippen LogP contribution in [0.1, 0.15) is 36.8 Å². The molecule has 0 saturated heterocycles. The standard InChI is InChI=1S/C23H25F2N3O2S/c1-30-20(15-8-9-15)22(29)28-23(12-5-13-26,16-6-3-2-4-7-16)31-21(27-28)18-14-17(24)10-11-19(18)25/h2-4,6-7,10-11,14-15,20H,5,8-9,12-13,26H2,1H3/t20-,23?/m0/s1. The zero-order valence-corrected chi connectivity index (χ0v) is 18.1. The third kappa shape index (κ3) is 4.24. The van der Waals surface area contributed by atoms with Crippen LogP contribution in [-0.4, -0.2) is 35.7 Å². The van der Waals surface area contributed by atoms with Crippen LogP contribution in [-0.2, 0) is 14.4 Å². The van der Waals surface area contributed by atoms with Crippen LogP contribution in [0.3, 0.4) is 0 Å². The smallest absolute Gasteiger partial charge is 0.273 e. The lowest BCUT2D eigenvalue weighted by molar-refractivity contribution is -0.147. The summed E-state index contributed by atoms with van der Waals surface area (Å²) in [5.41, 5.74) is 6.70. The van der Waals surface area contributed by atoms with E-state index in [1.807, 2.05) is 30.3 Å². The first-order valence-corrected chi connectivity index (χ1v) is 11.2. The first-order chi connectivity index (χ1) is 15.0. The van der Waals surface area contributed by atoms with Crippen LogP contribution in [0.2, 0.25) is 0 Å². The number of ether oxygens (including phenoxy) is 1. The average molecular weight is 446 g/mol. The van der Waals surface area contributed by atoms with Gasteiger partial charge in [0.25, 0.3) is 5.91 Å². The number of nitrogens with two attached hydrogens (primary N) is 1. The number of nitrogens with zero attached hydrogens (tertiary/aromatic N) is 2. The highest BCUT2D eigenvalue weighted by atomic mass is 32.2. The number of hydrazone groups is 1. The summed E-state index contributed by atoms with van der Waals surface area (Å²) in [5, 5.41) is 6.24. The highest BCUT2D eigenvalue weighted by Crippen LogP contribution is 2.51. The lowest BCUT2D eigenvalue weighted by Gasteiger charge is -2.37. The molecule has 164 valence electrons. The minimum atomic E-state index is -0.919. The van der Waals surface area contributed by atoms with E-state index in [9.17, 15) is 13.6 Å². The molecule has 31 heavy (non-hydrogen) atoms. The topological polar surface area (TPSA) is 67.9 Å². The first-order valence-electron chi connectivity index (χ1n) is 10.4. The summed E-state index contributed by atoms with van der Waals surface area (Å²) in [7, 11) is 1.52. The van der Waals surface area contributed by atoms with Gasteiger partial charge in [-0.1, -0.05) is 42.1 Å². The second-order valence-electron chi connectivity index (χ2n) is 7.82. The Bertz CT molecular complexity index is 984. The predicted octanol–water partition coefficient (Wildman–Crippen LogP) is 4.22. The summed E-state index contributed by atoms with van der Waals surface area (Å²) >= 11 is 1.26. The molecule has 1 unspecified atom stereocenters. The summed E-state index contributed by atoms with van der Waals surface area (Å²) in [4.78, 5) is 12.7. The Morgan fingerprint density at radius 1 is 1.29 bits per heavy atom. The molecule has 8 heteroatoms. The lowest BCUT2D eigenvalue weighted by Crippen LogP contribution is -2.47. The maximum Gasteiger partial charge on any atom is 0.273 e. The van der Waals surface area contributed by atoms with Crippen LogP contribution in [0.15, 0.2) is 53.6 Å². The monoisotopic (exact) mass is 445 g/mol. The molecule has 0 spiro atoms. The van der Waals surface area contributed by atoms with Gasteiger partial charge in [-0.25, -0.2) is 13.8 Å². The van der Waals surface area contributed by atoms with Gasteiger partial charge in [0.05, 0.1) is 0 Å². The number of carbonyl (C=O) groups excluding carboxylic acids is 1. The van der Waals surface area contributed by atoms with Crippen LogP contribution in [0.4, 0.5) is 8.78 Å². The molecule has 0 bridgehead atoms. The minimum absolute atomic E-state index is 0.0359. The van der Waals surface area contributed by atoms with E-state index in [1.165, 1.54) is 23.9 Å². The van der Waals surface area contributed by atoms with Crippen molar-refractivity contribution in [2.45, 2.75) is 36.7 Å². The van der Waals surface area contributed by atoms with E-state index >= 15 is 0 Å². The number of hydrogen-bond acceptors (Lipinski definition) is 5. The van der Waals surface area contributed by atoms with Gasteiger partial charge in [0.2, 0.25) is 0 Å². The van der Waals surface area contributed by atoms with Crippen molar-refractivity contribution in [2.75, 3.05) is 13.7 Å². The molecule has 1 saturated carbocycles. The molecule has 0 aromatic heterocycles. The first kappa shape index (κ1) is 21.9. The summed E-state index contributed by atoms with van der Waals surface area (Å²) < 4.78 is 34.1. The molecule has 1 aliphatic carbocycles. The average Bonchev–Trinajstić information content (AvgIpc) is 3.54. The van der Waals surface area contributed by atoms with Crippen molar-refractivity contribution in [1.82, 2.24) is 5.01 Å². The summed E-state index contributed by atoms with van der Waals surface area (Å²) in [6.07, 6.45) is 2.35. The van der Waals surface area contributed by atoms with Crippen LogP contribution in [0, 0.1) is 17.6 Å². The molecule has 4 rings (SSSR count). The fourth-order valence-electron chi connectivity index (χ4n) is 3.93. The zero-order valence-electron chi connectivity index (χ0n) is 17.3. The van der Waals surface area contributed by atoms with Crippen molar-refractivity contribution in [2.24, 2.45) is 16.8 Å². The van der Waals surface area contributed by atoms with Gasteiger partial charge >= 0.3 is 0 Å². The lowest BCUT2D eigenvalue weighted by atomic mass is 9.99. The summed E-state index contributed by atoms with van der Waals surface area (Å²) in [5.74, 6) is -1.28. The molecule has 1 heterocycles. The Morgan fingerprint density at radius 2 is 2.03 bits per heavy atom. The number of halogens is 2. The van der Waals surface area contributed by atoms with Crippen molar-refractivity contribution >= 4 is 22.7 Å². The molecule has 0 radical (unpaired) electrons. The number of benzene rings is 2. The molecule has 1 fully saturated rings. The number of amides is 1. The molecular weight excluding hydrogens is 420 g/mol. The van der Waals surface area contributed by atoms with Crippen molar-refractivity contribution in [3.05, 3.63) is 71.3 Å². The fourth-order valence-corrected chi connectivity index (χ4v) is 5.36. The fraction of sp³-hybridized carbons (Fsp3) is 0.391. The van der Waals surface area contributed by atoms with E-state index in [4.69, 9.17) is 10.5 Å². The van der Waals surface area contributed by atoms with Gasteiger partial charge in [-0.3, -0.25) is 4.79 Å². The van der Waals surface area contributed by atoms with Gasteiger partial charge in [-0.15, -0.1) is 0 Å². The normalized spacial score (nSPS) is 21.8. The van der Waals surface area contributed by atoms with Crippen molar-refractivity contribution in [3.63, 3.8) is 0 Å². The molecule has 1 amide bonds. The van der Waals surface area contributed by atoms with Crippen LogP contribution in [0.5, 0.6) is 0 Å². The second kappa shape index (κ2) is 9.06. The highest BCUT2D eigenvalue weighted by molar-refractivity contribution is 8.15. The molecule has 1 aliphatic heterocycles. The van der Waals surface area contributed by atoms with Gasteiger partial charge < -0.3 is 10.5 Å². The Hall–Kier alpha value is -2.29. The number of carbonyl (C=O) groups is 1. The van der Waals surface area contributed by atoms with Crippen LogP contribution >= 0.6 is 11.8 Å². The third-order valence-corrected chi connectivity index (χ3v) is 7.10. The second-order valence-corrected chi connectivity index (χ2v) is 9.08. The Morgan fingerprint density at radius 3 is 2.68 bits per heavy atom. The molecule has 2 aliphatic rings. The van der Waals surface area contributed by atoms with E-state index < -0.39 is 22.6 Å². The van der Waals surface area contributed by atoms with Crippen molar-refractivity contribution in [1.29, 1.82) is 0 Å². The van der Waals surface area contributed by atoms with Gasteiger partial charge in [-0.05, 0) is 61.9 Å². The molecule has 2 N–H and O–H groups in total. The van der Waals surface area contributed by atoms with Gasteiger partial charge in [0.1, 0.15) is 27.7 Å². The largest absolute Gasteiger partial charge is 0.371 e. The quantitative estimate of drug-likeness (QED) is 0.661. The maximum atomic E-state index is 14.6. The molecule has 2 atom stereocenters. The minimum Gasteiger partial charge on any atom is -0.371 e. The van der Waals surface area contributed by atoms with Crippen LogP contribution in [0.25, 0.3) is 0 Å². The SMILES string of the molecule is CO[C@H](C(=O)N1N=C(c2cc(F)ccc2F)SC1(CCCN)c1ccccc1)C1CC1. The van der Waals surface area contributed by atoms with E-state index in [0.717, 1.165) is 36.6 Å². The Balaban J connectivity index is 1.83.